The van der Waals surface area contributed by atoms with Crippen LogP contribution in [0.1, 0.15) is 39.2 Å². The lowest BCUT2D eigenvalue weighted by Gasteiger charge is -2.35. The number of aliphatic imine (C=N–C) groups is 1. The highest BCUT2D eigenvalue weighted by Crippen LogP contribution is 2.29. The number of nitrogens with one attached hydrogen (secondary N) is 1. The molecule has 25 heavy (non-hydrogen) atoms. The third-order valence-corrected chi connectivity index (χ3v) is 5.48. The first-order chi connectivity index (χ1) is 11.9. The molecule has 2 rings (SSSR count). The maximum atomic E-state index is 6.17. The Morgan fingerprint density at radius 1 is 1.28 bits per heavy atom. The first-order valence-electron chi connectivity index (χ1n) is 8.90. The average Bonchev–Trinajstić information content (AvgIpc) is 2.59. The Balaban J connectivity index is 1.94. The fraction of sp³-hybridized carbons (Fsp3) is 0.632. The summed E-state index contributed by atoms with van der Waals surface area (Å²) in [5.74, 6) is 0.947. The molecule has 140 valence electrons. The summed E-state index contributed by atoms with van der Waals surface area (Å²) in [5.41, 5.74) is 1.06. The third-order valence-electron chi connectivity index (χ3n) is 4.75. The van der Waals surface area contributed by atoms with Gasteiger partial charge in [-0.1, -0.05) is 43.1 Å². The van der Waals surface area contributed by atoms with E-state index >= 15 is 0 Å². The Bertz CT molecular complexity index is 596. The number of piperidine rings is 1. The van der Waals surface area contributed by atoms with Gasteiger partial charge in [-0.25, -0.2) is 0 Å². The highest BCUT2D eigenvalue weighted by Gasteiger charge is 2.25. The summed E-state index contributed by atoms with van der Waals surface area (Å²) < 4.78 is 5.73. The summed E-state index contributed by atoms with van der Waals surface area (Å²) in [5, 5.41) is 4.70. The van der Waals surface area contributed by atoms with E-state index in [1.807, 2.05) is 25.2 Å². The molecule has 0 radical (unpaired) electrons. The zero-order chi connectivity index (χ0) is 18.4. The van der Waals surface area contributed by atoms with Crippen molar-refractivity contribution in [3.05, 3.63) is 33.8 Å². The van der Waals surface area contributed by atoms with Crippen LogP contribution in [-0.2, 0) is 10.2 Å². The van der Waals surface area contributed by atoms with Crippen molar-refractivity contribution in [1.29, 1.82) is 0 Å². The molecule has 0 aromatic heterocycles. The minimum Gasteiger partial charge on any atom is -0.378 e. The van der Waals surface area contributed by atoms with Gasteiger partial charge in [0.05, 0.1) is 16.1 Å². The van der Waals surface area contributed by atoms with Crippen molar-refractivity contribution in [2.45, 2.75) is 45.1 Å². The zero-order valence-electron chi connectivity index (χ0n) is 15.6. The lowest BCUT2D eigenvalue weighted by Crippen LogP contribution is -2.49. The van der Waals surface area contributed by atoms with Crippen molar-refractivity contribution in [1.82, 2.24) is 10.2 Å². The molecule has 0 atom stereocenters. The lowest BCUT2D eigenvalue weighted by atomic mass is 9.84. The molecule has 1 aliphatic heterocycles. The van der Waals surface area contributed by atoms with Gasteiger partial charge in [-0.2, -0.15) is 0 Å². The van der Waals surface area contributed by atoms with E-state index in [0.717, 1.165) is 50.6 Å². The topological polar surface area (TPSA) is 36.9 Å². The Labute approximate surface area is 161 Å². The number of likely N-dealkylation sites (tertiary alicyclic amines) is 1. The van der Waals surface area contributed by atoms with E-state index in [0.29, 0.717) is 16.1 Å². The van der Waals surface area contributed by atoms with Crippen molar-refractivity contribution in [2.75, 3.05) is 33.3 Å². The summed E-state index contributed by atoms with van der Waals surface area (Å²) in [4.78, 5) is 6.76. The van der Waals surface area contributed by atoms with Gasteiger partial charge in [-0.15, -0.1) is 0 Å². The van der Waals surface area contributed by atoms with Crippen LogP contribution in [0.5, 0.6) is 0 Å². The highest BCUT2D eigenvalue weighted by atomic mass is 35.5. The molecule has 0 aliphatic carbocycles. The van der Waals surface area contributed by atoms with Crippen molar-refractivity contribution >= 4 is 29.2 Å². The van der Waals surface area contributed by atoms with E-state index in [-0.39, 0.29) is 5.41 Å². The molecule has 0 saturated carbocycles. The molecule has 1 heterocycles. The van der Waals surface area contributed by atoms with Crippen molar-refractivity contribution in [3.8, 4) is 0 Å². The molecule has 1 aromatic carbocycles. The molecule has 1 aromatic rings. The Kier molecular flexibility index (Phi) is 7.41. The van der Waals surface area contributed by atoms with Crippen LogP contribution in [-0.4, -0.2) is 50.3 Å². The molecule has 1 fully saturated rings. The number of hydrogen-bond acceptors (Lipinski definition) is 2. The van der Waals surface area contributed by atoms with Crippen LogP contribution in [0.25, 0.3) is 0 Å². The highest BCUT2D eigenvalue weighted by molar-refractivity contribution is 6.42. The van der Waals surface area contributed by atoms with Crippen LogP contribution in [0, 0.1) is 0 Å². The number of halogens is 2. The molecule has 0 unspecified atom stereocenters. The van der Waals surface area contributed by atoms with E-state index in [9.17, 15) is 0 Å². The predicted octanol–water partition coefficient (Wildman–Crippen LogP) is 4.35. The van der Waals surface area contributed by atoms with Gasteiger partial charge in [-0.05, 0) is 37.5 Å². The van der Waals surface area contributed by atoms with Crippen LogP contribution in [0.3, 0.4) is 0 Å². The molecule has 6 heteroatoms. The second kappa shape index (κ2) is 9.11. The Morgan fingerprint density at radius 2 is 1.96 bits per heavy atom. The van der Waals surface area contributed by atoms with E-state index in [1.165, 1.54) is 0 Å². The maximum absolute atomic E-state index is 6.17. The molecule has 4 nitrogen and oxygen atoms in total. The number of ether oxygens (including phenoxy) is 1. The molecular formula is C19H29Cl2N3O. The summed E-state index contributed by atoms with van der Waals surface area (Å²) >= 11 is 12.2. The summed E-state index contributed by atoms with van der Waals surface area (Å²) in [6.45, 7) is 9.92. The van der Waals surface area contributed by atoms with Crippen LogP contribution < -0.4 is 5.32 Å². The molecule has 0 bridgehead atoms. The van der Waals surface area contributed by atoms with Crippen molar-refractivity contribution in [3.63, 3.8) is 0 Å². The first kappa shape index (κ1) is 20.3. The third kappa shape index (κ3) is 5.50. The van der Waals surface area contributed by atoms with Gasteiger partial charge in [0.1, 0.15) is 0 Å². The minimum atomic E-state index is -0.0895. The fourth-order valence-electron chi connectivity index (χ4n) is 3.12. The summed E-state index contributed by atoms with van der Waals surface area (Å²) in [6.07, 6.45) is 2.47. The molecular weight excluding hydrogens is 357 g/mol. The second-order valence-electron chi connectivity index (χ2n) is 7.06. The fourth-order valence-corrected chi connectivity index (χ4v) is 3.42. The summed E-state index contributed by atoms with van der Waals surface area (Å²) in [6, 6.07) is 5.84. The number of rotatable bonds is 5. The molecule has 0 spiro atoms. The van der Waals surface area contributed by atoms with Gasteiger partial charge in [-0.3, -0.25) is 4.99 Å². The van der Waals surface area contributed by atoms with Crippen molar-refractivity contribution < 1.29 is 4.74 Å². The van der Waals surface area contributed by atoms with E-state index in [4.69, 9.17) is 27.9 Å². The van der Waals surface area contributed by atoms with Crippen LogP contribution in [0.2, 0.25) is 10.0 Å². The van der Waals surface area contributed by atoms with E-state index in [1.54, 1.807) is 0 Å². The number of hydrogen-bond donors (Lipinski definition) is 1. The SMILES string of the molecule is CCOC1CCN(C(=NC)NCC(C)(C)c2ccc(Cl)c(Cl)c2)CC1. The number of benzene rings is 1. The van der Waals surface area contributed by atoms with Gasteiger partial charge in [0, 0.05) is 38.7 Å². The van der Waals surface area contributed by atoms with Crippen LogP contribution in [0.15, 0.2) is 23.2 Å². The predicted molar refractivity (Wildman–Crippen MR) is 107 cm³/mol. The van der Waals surface area contributed by atoms with Gasteiger partial charge in [0.25, 0.3) is 0 Å². The van der Waals surface area contributed by atoms with E-state index < -0.39 is 0 Å². The second-order valence-corrected chi connectivity index (χ2v) is 7.87. The first-order valence-corrected chi connectivity index (χ1v) is 9.65. The molecule has 1 N–H and O–H groups in total. The summed E-state index contributed by atoms with van der Waals surface area (Å²) in [7, 11) is 1.84. The van der Waals surface area contributed by atoms with Crippen LogP contribution in [0.4, 0.5) is 0 Å². The average molecular weight is 386 g/mol. The smallest absolute Gasteiger partial charge is 0.193 e. The minimum absolute atomic E-state index is 0.0895. The van der Waals surface area contributed by atoms with Gasteiger partial charge in [0.15, 0.2) is 5.96 Å². The number of nitrogens with zero attached hydrogens (tertiary/aromatic N) is 2. The van der Waals surface area contributed by atoms with Gasteiger partial charge in [0.2, 0.25) is 0 Å². The molecule has 0 amide bonds. The van der Waals surface area contributed by atoms with E-state index in [2.05, 4.69) is 36.0 Å². The normalized spacial score (nSPS) is 17.0. The quantitative estimate of drug-likeness (QED) is 0.604. The standard InChI is InChI=1S/C19H29Cl2N3O/c1-5-25-15-8-10-24(11-9-15)18(22-4)23-13-19(2,3)14-6-7-16(20)17(21)12-14/h6-7,12,15H,5,8-11,13H2,1-4H3,(H,22,23). The van der Waals surface area contributed by atoms with Crippen molar-refractivity contribution in [2.24, 2.45) is 4.99 Å². The zero-order valence-corrected chi connectivity index (χ0v) is 17.1. The number of guanidine groups is 1. The maximum Gasteiger partial charge on any atom is 0.193 e. The van der Waals surface area contributed by atoms with Crippen LogP contribution >= 0.6 is 23.2 Å². The van der Waals surface area contributed by atoms with Gasteiger partial charge >= 0.3 is 0 Å². The monoisotopic (exact) mass is 385 g/mol. The Morgan fingerprint density at radius 3 is 2.52 bits per heavy atom. The molecule has 1 saturated heterocycles. The van der Waals surface area contributed by atoms with Gasteiger partial charge < -0.3 is 15.0 Å². The molecule has 1 aliphatic rings. The largest absolute Gasteiger partial charge is 0.378 e. The lowest BCUT2D eigenvalue weighted by molar-refractivity contribution is 0.0263. The Hall–Kier alpha value is -0.970.